The summed E-state index contributed by atoms with van der Waals surface area (Å²) in [5.74, 6) is 0.618. The van der Waals surface area contributed by atoms with E-state index in [9.17, 15) is 0 Å². The van der Waals surface area contributed by atoms with Gasteiger partial charge in [0.2, 0.25) is 5.89 Å². The molecular weight excluding hydrogens is 242 g/mol. The Morgan fingerprint density at radius 3 is 2.57 bits per heavy atom. The SMILES string of the molecule is Brc1ccc(C=Cc2ncco2)cc1. The Labute approximate surface area is 90.4 Å². The number of aromatic nitrogens is 1. The maximum absolute atomic E-state index is 5.07. The highest BCUT2D eigenvalue weighted by Crippen LogP contribution is 2.12. The van der Waals surface area contributed by atoms with Gasteiger partial charge in [-0.15, -0.1) is 0 Å². The van der Waals surface area contributed by atoms with Gasteiger partial charge in [0.1, 0.15) is 6.26 Å². The number of hydrogen-bond donors (Lipinski definition) is 0. The molecule has 0 radical (unpaired) electrons. The van der Waals surface area contributed by atoms with Crippen molar-refractivity contribution in [1.29, 1.82) is 0 Å². The third kappa shape index (κ3) is 2.33. The first-order valence-corrected chi connectivity index (χ1v) is 4.97. The molecule has 0 saturated carbocycles. The first-order chi connectivity index (χ1) is 6.84. The second kappa shape index (κ2) is 4.24. The fraction of sp³-hybridized carbons (Fsp3) is 0. The first-order valence-electron chi connectivity index (χ1n) is 4.18. The average molecular weight is 250 g/mol. The lowest BCUT2D eigenvalue weighted by Gasteiger charge is -1.92. The summed E-state index contributed by atoms with van der Waals surface area (Å²) in [6.07, 6.45) is 6.98. The van der Waals surface area contributed by atoms with Crippen LogP contribution in [0.2, 0.25) is 0 Å². The van der Waals surface area contributed by atoms with E-state index in [0.29, 0.717) is 5.89 Å². The third-order valence-corrected chi connectivity index (χ3v) is 2.27. The molecule has 0 aliphatic heterocycles. The number of rotatable bonds is 2. The Balaban J connectivity index is 2.15. The summed E-state index contributed by atoms with van der Waals surface area (Å²) in [5, 5.41) is 0. The van der Waals surface area contributed by atoms with Crippen molar-refractivity contribution in [3.05, 3.63) is 52.7 Å². The van der Waals surface area contributed by atoms with Crippen LogP contribution in [0.1, 0.15) is 11.5 Å². The van der Waals surface area contributed by atoms with Crippen LogP contribution in [0.5, 0.6) is 0 Å². The Hall–Kier alpha value is -1.35. The minimum atomic E-state index is 0.618. The van der Waals surface area contributed by atoms with Crippen LogP contribution in [0.25, 0.3) is 12.2 Å². The Bertz CT molecular complexity index is 417. The van der Waals surface area contributed by atoms with Crippen molar-refractivity contribution in [2.24, 2.45) is 0 Å². The van der Waals surface area contributed by atoms with E-state index in [0.717, 1.165) is 10.0 Å². The van der Waals surface area contributed by atoms with E-state index < -0.39 is 0 Å². The van der Waals surface area contributed by atoms with Crippen LogP contribution in [0.3, 0.4) is 0 Å². The quantitative estimate of drug-likeness (QED) is 0.813. The highest BCUT2D eigenvalue weighted by atomic mass is 79.9. The van der Waals surface area contributed by atoms with Gasteiger partial charge in [-0.2, -0.15) is 0 Å². The monoisotopic (exact) mass is 249 g/mol. The molecule has 1 heterocycles. The van der Waals surface area contributed by atoms with Gasteiger partial charge < -0.3 is 4.42 Å². The van der Waals surface area contributed by atoms with E-state index in [4.69, 9.17) is 4.42 Å². The molecule has 0 amide bonds. The summed E-state index contributed by atoms with van der Waals surface area (Å²) in [6, 6.07) is 8.03. The zero-order valence-electron chi connectivity index (χ0n) is 7.35. The molecule has 70 valence electrons. The number of halogens is 1. The molecule has 0 atom stereocenters. The Morgan fingerprint density at radius 2 is 1.93 bits per heavy atom. The van der Waals surface area contributed by atoms with Crippen molar-refractivity contribution in [1.82, 2.24) is 4.98 Å². The molecule has 0 saturated heterocycles. The largest absolute Gasteiger partial charge is 0.445 e. The zero-order valence-corrected chi connectivity index (χ0v) is 8.94. The summed E-state index contributed by atoms with van der Waals surface area (Å²) in [7, 11) is 0. The molecule has 0 fully saturated rings. The molecule has 0 unspecified atom stereocenters. The topological polar surface area (TPSA) is 26.0 Å². The molecule has 0 aliphatic rings. The molecule has 2 rings (SSSR count). The number of oxazole rings is 1. The fourth-order valence-corrected chi connectivity index (χ4v) is 1.32. The minimum absolute atomic E-state index is 0.618. The number of hydrogen-bond acceptors (Lipinski definition) is 2. The van der Waals surface area contributed by atoms with Gasteiger partial charge in [0.05, 0.1) is 6.20 Å². The highest BCUT2D eigenvalue weighted by Gasteiger charge is 1.90. The number of nitrogens with zero attached hydrogens (tertiary/aromatic N) is 1. The van der Waals surface area contributed by atoms with Crippen molar-refractivity contribution in [2.75, 3.05) is 0 Å². The van der Waals surface area contributed by atoms with Crippen LogP contribution in [0.4, 0.5) is 0 Å². The molecule has 2 aromatic rings. The fourth-order valence-electron chi connectivity index (χ4n) is 1.06. The summed E-state index contributed by atoms with van der Waals surface area (Å²) in [6.45, 7) is 0. The second-order valence-electron chi connectivity index (χ2n) is 2.76. The van der Waals surface area contributed by atoms with E-state index >= 15 is 0 Å². The van der Waals surface area contributed by atoms with Gasteiger partial charge in [-0.1, -0.05) is 28.1 Å². The van der Waals surface area contributed by atoms with Crippen molar-refractivity contribution >= 4 is 28.1 Å². The summed E-state index contributed by atoms with van der Waals surface area (Å²) >= 11 is 3.38. The van der Waals surface area contributed by atoms with Gasteiger partial charge in [-0.05, 0) is 23.8 Å². The van der Waals surface area contributed by atoms with E-state index in [1.165, 1.54) is 0 Å². The summed E-state index contributed by atoms with van der Waals surface area (Å²) < 4.78 is 6.15. The van der Waals surface area contributed by atoms with Gasteiger partial charge in [0.25, 0.3) is 0 Å². The minimum Gasteiger partial charge on any atom is -0.445 e. The average Bonchev–Trinajstić information content (AvgIpc) is 2.70. The van der Waals surface area contributed by atoms with Crippen molar-refractivity contribution in [3.63, 3.8) is 0 Å². The molecule has 1 aromatic heterocycles. The highest BCUT2D eigenvalue weighted by molar-refractivity contribution is 9.10. The molecule has 1 aromatic carbocycles. The number of benzene rings is 1. The smallest absolute Gasteiger partial charge is 0.218 e. The predicted octanol–water partition coefficient (Wildman–Crippen LogP) is 3.61. The molecule has 2 nitrogen and oxygen atoms in total. The van der Waals surface area contributed by atoms with E-state index in [1.54, 1.807) is 12.5 Å². The molecule has 0 spiro atoms. The Kier molecular flexibility index (Phi) is 2.79. The van der Waals surface area contributed by atoms with Gasteiger partial charge >= 0.3 is 0 Å². The second-order valence-corrected chi connectivity index (χ2v) is 3.67. The van der Waals surface area contributed by atoms with Crippen molar-refractivity contribution < 1.29 is 4.42 Å². The van der Waals surface area contributed by atoms with E-state index in [1.807, 2.05) is 36.4 Å². The molecule has 3 heteroatoms. The Morgan fingerprint density at radius 1 is 1.14 bits per heavy atom. The van der Waals surface area contributed by atoms with E-state index in [2.05, 4.69) is 20.9 Å². The normalized spacial score (nSPS) is 10.9. The van der Waals surface area contributed by atoms with Crippen LogP contribution in [0.15, 0.2) is 45.6 Å². The molecular formula is C11H8BrNO. The third-order valence-electron chi connectivity index (χ3n) is 1.74. The summed E-state index contributed by atoms with van der Waals surface area (Å²) in [4.78, 5) is 3.99. The lowest BCUT2D eigenvalue weighted by Crippen LogP contribution is -1.71. The zero-order chi connectivity index (χ0) is 9.80. The van der Waals surface area contributed by atoms with Gasteiger partial charge in [0, 0.05) is 10.5 Å². The standard InChI is InChI=1S/C11H8BrNO/c12-10-4-1-9(2-5-10)3-6-11-13-7-8-14-11/h1-8H. The molecule has 0 N–H and O–H groups in total. The summed E-state index contributed by atoms with van der Waals surface area (Å²) in [5.41, 5.74) is 1.12. The van der Waals surface area contributed by atoms with Gasteiger partial charge in [-0.25, -0.2) is 4.98 Å². The van der Waals surface area contributed by atoms with Crippen molar-refractivity contribution in [2.45, 2.75) is 0 Å². The first kappa shape index (κ1) is 9.21. The van der Waals surface area contributed by atoms with Crippen LogP contribution in [0, 0.1) is 0 Å². The maximum atomic E-state index is 5.07. The van der Waals surface area contributed by atoms with Gasteiger partial charge in [-0.3, -0.25) is 0 Å². The van der Waals surface area contributed by atoms with Crippen LogP contribution < -0.4 is 0 Å². The lowest BCUT2D eigenvalue weighted by molar-refractivity contribution is 0.547. The van der Waals surface area contributed by atoms with Crippen LogP contribution in [-0.2, 0) is 0 Å². The molecule has 14 heavy (non-hydrogen) atoms. The molecule has 0 bridgehead atoms. The maximum Gasteiger partial charge on any atom is 0.218 e. The van der Waals surface area contributed by atoms with Crippen LogP contribution in [-0.4, -0.2) is 4.98 Å². The van der Waals surface area contributed by atoms with Crippen molar-refractivity contribution in [3.8, 4) is 0 Å². The predicted molar refractivity (Wildman–Crippen MR) is 59.6 cm³/mol. The van der Waals surface area contributed by atoms with Gasteiger partial charge in [0.15, 0.2) is 0 Å². The molecule has 0 aliphatic carbocycles. The van der Waals surface area contributed by atoms with Crippen LogP contribution >= 0.6 is 15.9 Å². The van der Waals surface area contributed by atoms with E-state index in [-0.39, 0.29) is 0 Å². The lowest BCUT2D eigenvalue weighted by atomic mass is 10.2.